The number of benzene rings is 1. The number of aromatic nitrogens is 4. The zero-order chi connectivity index (χ0) is 18.5. The van der Waals surface area contributed by atoms with Crippen molar-refractivity contribution in [3.8, 4) is 11.4 Å². The monoisotopic (exact) mass is 393 g/mol. The van der Waals surface area contributed by atoms with Crippen molar-refractivity contribution in [1.82, 2.24) is 20.0 Å². The van der Waals surface area contributed by atoms with Gasteiger partial charge in [-0.05, 0) is 36.9 Å². The molecule has 0 atom stereocenters. The number of rotatable bonds is 7. The molecule has 136 valence electrons. The molecule has 0 saturated carbocycles. The van der Waals surface area contributed by atoms with Crippen LogP contribution in [0.4, 0.5) is 9.52 Å². The molecule has 10 heteroatoms. The summed E-state index contributed by atoms with van der Waals surface area (Å²) < 4.78 is 21.0. The van der Waals surface area contributed by atoms with Crippen LogP contribution in [0.2, 0.25) is 0 Å². The van der Waals surface area contributed by atoms with E-state index >= 15 is 0 Å². The van der Waals surface area contributed by atoms with E-state index in [1.54, 1.807) is 18.3 Å². The molecule has 2 aromatic heterocycles. The van der Waals surface area contributed by atoms with E-state index in [0.717, 1.165) is 10.8 Å². The molecule has 0 aliphatic carbocycles. The Labute approximate surface area is 157 Å². The summed E-state index contributed by atoms with van der Waals surface area (Å²) in [5, 5.41) is 15.2. The Morgan fingerprint density at radius 2 is 2.12 bits per heavy atom. The predicted octanol–water partition coefficient (Wildman–Crippen LogP) is 3.63. The Morgan fingerprint density at radius 3 is 2.77 bits per heavy atom. The maximum atomic E-state index is 13.1. The summed E-state index contributed by atoms with van der Waals surface area (Å²) in [5.41, 5.74) is 0.746. The first-order chi connectivity index (χ1) is 12.6. The van der Waals surface area contributed by atoms with Gasteiger partial charge in [-0.25, -0.2) is 9.07 Å². The third kappa shape index (κ3) is 4.20. The first kappa shape index (κ1) is 18.3. The molecule has 3 rings (SSSR count). The largest absolute Gasteiger partial charge is 0.489 e. The van der Waals surface area contributed by atoms with Crippen LogP contribution in [-0.2, 0) is 0 Å². The average Bonchev–Trinajstić information content (AvgIpc) is 3.27. The van der Waals surface area contributed by atoms with Crippen molar-refractivity contribution in [3.05, 3.63) is 42.0 Å². The van der Waals surface area contributed by atoms with Gasteiger partial charge in [0.15, 0.2) is 15.8 Å². The third-order valence-corrected chi connectivity index (χ3v) is 5.06. The minimum Gasteiger partial charge on any atom is -0.489 e. The number of amides is 1. The van der Waals surface area contributed by atoms with Gasteiger partial charge in [0.2, 0.25) is 5.13 Å². The Hall–Kier alpha value is -2.46. The molecule has 0 spiro atoms. The molecule has 3 aromatic rings. The Bertz CT molecular complexity index is 894. The zero-order valence-corrected chi connectivity index (χ0v) is 15.7. The Balaban J connectivity index is 1.87. The molecule has 0 fully saturated rings. The highest BCUT2D eigenvalue weighted by Crippen LogP contribution is 2.25. The zero-order valence-electron chi connectivity index (χ0n) is 14.1. The van der Waals surface area contributed by atoms with Gasteiger partial charge in [0.25, 0.3) is 5.91 Å². The Morgan fingerprint density at radius 1 is 1.35 bits per heavy atom. The van der Waals surface area contributed by atoms with Crippen molar-refractivity contribution >= 4 is 34.1 Å². The fourth-order valence-electron chi connectivity index (χ4n) is 2.06. The smallest absolute Gasteiger partial charge is 0.281 e. The van der Waals surface area contributed by atoms with Crippen LogP contribution in [0, 0.1) is 5.82 Å². The van der Waals surface area contributed by atoms with Crippen molar-refractivity contribution in [1.29, 1.82) is 0 Å². The number of halogens is 1. The van der Waals surface area contributed by atoms with Gasteiger partial charge in [0.05, 0.1) is 18.5 Å². The van der Waals surface area contributed by atoms with Crippen LogP contribution in [0.15, 0.2) is 34.8 Å². The highest BCUT2D eigenvalue weighted by Gasteiger charge is 2.20. The van der Waals surface area contributed by atoms with Crippen molar-refractivity contribution in [2.75, 3.05) is 18.2 Å². The SMILES string of the molecule is CCCOc1cn(-c2ccc(F)cc2)nc1C(=O)Nc1nnc(SC)s1. The lowest BCUT2D eigenvalue weighted by molar-refractivity contribution is 0.101. The number of carbonyl (C=O) groups is 1. The topological polar surface area (TPSA) is 81.9 Å². The van der Waals surface area contributed by atoms with Crippen molar-refractivity contribution < 1.29 is 13.9 Å². The van der Waals surface area contributed by atoms with Gasteiger partial charge in [0.1, 0.15) is 5.82 Å². The lowest BCUT2D eigenvalue weighted by Gasteiger charge is -2.03. The van der Waals surface area contributed by atoms with Crippen LogP contribution in [0.1, 0.15) is 23.8 Å². The molecule has 2 heterocycles. The molecule has 1 N–H and O–H groups in total. The number of hydrogen-bond donors (Lipinski definition) is 1. The number of thioether (sulfide) groups is 1. The lowest BCUT2D eigenvalue weighted by Crippen LogP contribution is -2.14. The molecule has 0 radical (unpaired) electrons. The van der Waals surface area contributed by atoms with Gasteiger partial charge in [0, 0.05) is 0 Å². The number of hydrogen-bond acceptors (Lipinski definition) is 7. The van der Waals surface area contributed by atoms with E-state index in [1.807, 2.05) is 13.2 Å². The highest BCUT2D eigenvalue weighted by atomic mass is 32.2. The van der Waals surface area contributed by atoms with E-state index in [2.05, 4.69) is 20.6 Å². The summed E-state index contributed by atoms with van der Waals surface area (Å²) in [6.45, 7) is 2.42. The average molecular weight is 393 g/mol. The second-order valence-corrected chi connectivity index (χ2v) is 7.17. The number of carbonyl (C=O) groups excluding carboxylic acids is 1. The number of anilines is 1. The van der Waals surface area contributed by atoms with E-state index in [0.29, 0.717) is 23.2 Å². The summed E-state index contributed by atoms with van der Waals surface area (Å²) >= 11 is 2.72. The van der Waals surface area contributed by atoms with E-state index in [1.165, 1.54) is 39.9 Å². The molecular formula is C16H16FN5O2S2. The molecule has 0 saturated heterocycles. The standard InChI is InChI=1S/C16H16FN5O2S2/c1-3-8-24-12-9-22(11-6-4-10(17)5-7-11)21-13(12)14(23)18-15-19-20-16(25-2)26-15/h4-7,9H,3,8H2,1-2H3,(H,18,19,23). The van der Waals surface area contributed by atoms with E-state index in [4.69, 9.17) is 4.74 Å². The molecule has 1 aromatic carbocycles. The first-order valence-corrected chi connectivity index (χ1v) is 9.82. The molecule has 1 amide bonds. The third-order valence-electron chi connectivity index (χ3n) is 3.25. The van der Waals surface area contributed by atoms with Crippen LogP contribution in [0.25, 0.3) is 5.69 Å². The fraction of sp³-hybridized carbons (Fsp3) is 0.250. The second-order valence-electron chi connectivity index (χ2n) is 5.14. The van der Waals surface area contributed by atoms with E-state index < -0.39 is 5.91 Å². The number of nitrogens with zero attached hydrogens (tertiary/aromatic N) is 4. The molecule has 0 aliphatic rings. The van der Waals surface area contributed by atoms with Crippen LogP contribution in [-0.4, -0.2) is 38.7 Å². The van der Waals surface area contributed by atoms with Crippen LogP contribution in [0.5, 0.6) is 5.75 Å². The van der Waals surface area contributed by atoms with Crippen LogP contribution < -0.4 is 10.1 Å². The van der Waals surface area contributed by atoms with Gasteiger partial charge in [-0.2, -0.15) is 5.10 Å². The molecular weight excluding hydrogens is 377 g/mol. The predicted molar refractivity (Wildman–Crippen MR) is 99.0 cm³/mol. The van der Waals surface area contributed by atoms with Crippen molar-refractivity contribution in [2.24, 2.45) is 0 Å². The summed E-state index contributed by atoms with van der Waals surface area (Å²) in [4.78, 5) is 12.6. The first-order valence-electron chi connectivity index (χ1n) is 7.78. The molecule has 0 unspecified atom stereocenters. The van der Waals surface area contributed by atoms with Crippen LogP contribution in [0.3, 0.4) is 0 Å². The van der Waals surface area contributed by atoms with Gasteiger partial charge < -0.3 is 4.74 Å². The van der Waals surface area contributed by atoms with Crippen molar-refractivity contribution in [3.63, 3.8) is 0 Å². The van der Waals surface area contributed by atoms with Crippen molar-refractivity contribution in [2.45, 2.75) is 17.7 Å². The number of nitrogens with one attached hydrogen (secondary N) is 1. The second kappa shape index (κ2) is 8.28. The molecule has 26 heavy (non-hydrogen) atoms. The summed E-state index contributed by atoms with van der Waals surface area (Å²) in [7, 11) is 0. The summed E-state index contributed by atoms with van der Waals surface area (Å²) in [6.07, 6.45) is 4.27. The quantitative estimate of drug-likeness (QED) is 0.488. The fourth-order valence-corrected chi connectivity index (χ4v) is 3.22. The number of ether oxygens (including phenoxy) is 1. The molecule has 0 aliphatic heterocycles. The minimum atomic E-state index is -0.444. The molecule has 0 bridgehead atoms. The minimum absolute atomic E-state index is 0.128. The van der Waals surface area contributed by atoms with Gasteiger partial charge in [-0.3, -0.25) is 10.1 Å². The van der Waals surface area contributed by atoms with E-state index in [-0.39, 0.29) is 11.5 Å². The highest BCUT2D eigenvalue weighted by molar-refractivity contribution is 8.00. The Kier molecular flexibility index (Phi) is 5.84. The van der Waals surface area contributed by atoms with Gasteiger partial charge in [-0.1, -0.05) is 30.0 Å². The lowest BCUT2D eigenvalue weighted by atomic mass is 10.3. The van der Waals surface area contributed by atoms with Gasteiger partial charge in [-0.15, -0.1) is 10.2 Å². The maximum Gasteiger partial charge on any atom is 0.281 e. The van der Waals surface area contributed by atoms with Gasteiger partial charge >= 0.3 is 0 Å². The summed E-state index contributed by atoms with van der Waals surface area (Å²) in [6, 6.07) is 5.80. The maximum absolute atomic E-state index is 13.1. The summed E-state index contributed by atoms with van der Waals surface area (Å²) in [5.74, 6) is -0.439. The molecule has 7 nitrogen and oxygen atoms in total. The van der Waals surface area contributed by atoms with E-state index in [9.17, 15) is 9.18 Å². The normalized spacial score (nSPS) is 10.7. The van der Waals surface area contributed by atoms with Crippen LogP contribution >= 0.6 is 23.1 Å².